The maximum Gasteiger partial charge on any atom is 0.305 e. The molecule has 0 aromatic heterocycles. The summed E-state index contributed by atoms with van der Waals surface area (Å²) in [5.74, 6) is -3.18. The van der Waals surface area contributed by atoms with E-state index in [0.717, 1.165) is 5.56 Å². The summed E-state index contributed by atoms with van der Waals surface area (Å²) in [5, 5.41) is 11.2. The maximum absolute atomic E-state index is 12.8. The monoisotopic (exact) mass is 362 g/mol. The molecule has 0 radical (unpaired) electrons. The molecule has 2 aliphatic rings. The van der Waals surface area contributed by atoms with Crippen LogP contribution in [0, 0.1) is 0 Å². The van der Waals surface area contributed by atoms with Crippen LogP contribution in [-0.2, 0) is 20.8 Å². The van der Waals surface area contributed by atoms with Crippen LogP contribution >= 0.6 is 0 Å². The van der Waals surface area contributed by atoms with Crippen LogP contribution in [0.4, 0.5) is 4.39 Å². The molecule has 26 heavy (non-hydrogen) atoms. The highest BCUT2D eigenvalue weighted by molar-refractivity contribution is 6.01. The number of rotatable bonds is 6. The quantitative estimate of drug-likeness (QED) is 0.776. The number of carboxylic acids is 1. The van der Waals surface area contributed by atoms with Gasteiger partial charge in [-0.15, -0.1) is 0 Å². The van der Waals surface area contributed by atoms with E-state index in [4.69, 9.17) is 5.11 Å². The Kier molecular flexibility index (Phi) is 5.01. The number of ketones is 1. The predicted octanol–water partition coefficient (Wildman–Crippen LogP) is 0.714. The number of carboxylic acid groups (broad SMARTS) is 1. The lowest BCUT2D eigenvalue weighted by atomic mass is 9.94. The zero-order valence-corrected chi connectivity index (χ0v) is 14.0. The highest BCUT2D eigenvalue weighted by atomic mass is 19.1. The van der Waals surface area contributed by atoms with E-state index >= 15 is 0 Å². The summed E-state index contributed by atoms with van der Waals surface area (Å²) in [6, 6.07) is 4.89. The van der Waals surface area contributed by atoms with Crippen molar-refractivity contribution >= 4 is 23.6 Å². The summed E-state index contributed by atoms with van der Waals surface area (Å²) < 4.78 is 12.7. The number of alkyl halides is 1. The lowest BCUT2D eigenvalue weighted by Gasteiger charge is -2.35. The first-order valence-electron chi connectivity index (χ1n) is 8.43. The number of Topliss-reactive ketones (excluding diaryl/α,β-unsaturated/α-hetero) is 1. The maximum atomic E-state index is 12.8. The van der Waals surface area contributed by atoms with E-state index in [1.165, 1.54) is 4.90 Å². The summed E-state index contributed by atoms with van der Waals surface area (Å²) in [6.45, 7) is -1.36. The van der Waals surface area contributed by atoms with Gasteiger partial charge in [-0.1, -0.05) is 18.2 Å². The molecular formula is C18H19FN2O5. The number of carbonyl (C=O) groups is 4. The molecule has 2 amide bonds. The molecular weight excluding hydrogens is 343 g/mol. The molecule has 0 saturated carbocycles. The number of carbonyl (C=O) groups excluding carboxylic acids is 3. The van der Waals surface area contributed by atoms with Gasteiger partial charge in [0.25, 0.3) is 5.91 Å². The number of nitrogens with one attached hydrogen (secondary N) is 1. The average molecular weight is 362 g/mol. The van der Waals surface area contributed by atoms with Gasteiger partial charge in [0.1, 0.15) is 18.8 Å². The van der Waals surface area contributed by atoms with E-state index in [-0.39, 0.29) is 11.9 Å². The highest BCUT2D eigenvalue weighted by Gasteiger charge is 2.45. The molecule has 2 aliphatic heterocycles. The van der Waals surface area contributed by atoms with Crippen molar-refractivity contribution in [2.75, 3.05) is 6.67 Å². The lowest BCUT2D eigenvalue weighted by molar-refractivity contribution is -0.140. The van der Waals surface area contributed by atoms with E-state index in [0.29, 0.717) is 24.8 Å². The average Bonchev–Trinajstić information content (AvgIpc) is 3.04. The van der Waals surface area contributed by atoms with Gasteiger partial charge in [-0.2, -0.15) is 0 Å². The molecule has 2 N–H and O–H groups in total. The third-order valence-corrected chi connectivity index (χ3v) is 4.96. The second kappa shape index (κ2) is 7.23. The topological polar surface area (TPSA) is 104 Å². The third-order valence-electron chi connectivity index (χ3n) is 4.96. The normalized spacial score (nSPS) is 22.3. The van der Waals surface area contributed by atoms with Crippen molar-refractivity contribution in [2.45, 2.75) is 43.8 Å². The van der Waals surface area contributed by atoms with E-state index < -0.39 is 42.8 Å². The number of hydrogen-bond acceptors (Lipinski definition) is 4. The van der Waals surface area contributed by atoms with Crippen LogP contribution in [0.3, 0.4) is 0 Å². The molecule has 1 aromatic carbocycles. The number of amides is 2. The Morgan fingerprint density at radius 3 is 2.69 bits per heavy atom. The zero-order valence-electron chi connectivity index (χ0n) is 14.0. The standard InChI is InChI=1S/C18H19FN2O5/c19-9-15(22)13(8-16(23)24)20-17(25)14-6-5-11-7-10-3-1-2-4-12(10)18(26)21(11)14/h1-4,11,13-14H,5-9H2,(H,20,25)(H,23,24). The number of aliphatic carboxylic acids is 1. The third kappa shape index (κ3) is 3.31. The van der Waals surface area contributed by atoms with E-state index in [1.807, 2.05) is 12.1 Å². The van der Waals surface area contributed by atoms with Gasteiger partial charge >= 0.3 is 5.97 Å². The molecule has 3 unspecified atom stereocenters. The van der Waals surface area contributed by atoms with Crippen molar-refractivity contribution in [3.05, 3.63) is 35.4 Å². The number of hydrogen-bond donors (Lipinski definition) is 2. The first-order valence-corrected chi connectivity index (χ1v) is 8.43. The fraction of sp³-hybridized carbons (Fsp3) is 0.444. The lowest BCUT2D eigenvalue weighted by Crippen LogP contribution is -2.54. The summed E-state index contributed by atoms with van der Waals surface area (Å²) in [7, 11) is 0. The first-order chi connectivity index (χ1) is 12.4. The van der Waals surface area contributed by atoms with Gasteiger partial charge < -0.3 is 15.3 Å². The van der Waals surface area contributed by atoms with E-state index in [2.05, 4.69) is 5.32 Å². The zero-order chi connectivity index (χ0) is 18.8. The minimum Gasteiger partial charge on any atom is -0.481 e. The van der Waals surface area contributed by atoms with Crippen molar-refractivity contribution in [1.29, 1.82) is 0 Å². The van der Waals surface area contributed by atoms with Crippen LogP contribution in [0.1, 0.15) is 35.2 Å². The molecule has 0 bridgehead atoms. The largest absolute Gasteiger partial charge is 0.481 e. The predicted molar refractivity (Wildman–Crippen MR) is 88.3 cm³/mol. The SMILES string of the molecule is O=C(O)CC(NC(=O)C1CCC2Cc3ccccc3C(=O)N21)C(=O)CF. The molecule has 138 valence electrons. The Labute approximate surface area is 149 Å². The Morgan fingerprint density at radius 2 is 2.00 bits per heavy atom. The molecule has 8 heteroatoms. The molecule has 0 aliphatic carbocycles. The van der Waals surface area contributed by atoms with Crippen molar-refractivity contribution in [2.24, 2.45) is 0 Å². The Hall–Kier alpha value is -2.77. The smallest absolute Gasteiger partial charge is 0.305 e. The second-order valence-electron chi connectivity index (χ2n) is 6.58. The van der Waals surface area contributed by atoms with Gasteiger partial charge in [-0.05, 0) is 30.9 Å². The minimum absolute atomic E-state index is 0.108. The Morgan fingerprint density at radius 1 is 1.27 bits per heavy atom. The van der Waals surface area contributed by atoms with Gasteiger partial charge in [0.05, 0.1) is 6.42 Å². The van der Waals surface area contributed by atoms with Crippen molar-refractivity contribution in [1.82, 2.24) is 10.2 Å². The molecule has 1 saturated heterocycles. The number of halogens is 1. The van der Waals surface area contributed by atoms with Crippen LogP contribution in [0.25, 0.3) is 0 Å². The van der Waals surface area contributed by atoms with Gasteiger partial charge in [0.15, 0.2) is 5.78 Å². The molecule has 3 atom stereocenters. The number of nitrogens with zero attached hydrogens (tertiary/aromatic N) is 1. The van der Waals surface area contributed by atoms with Gasteiger partial charge in [0, 0.05) is 11.6 Å². The minimum atomic E-state index is -1.43. The fourth-order valence-corrected chi connectivity index (χ4v) is 3.73. The van der Waals surface area contributed by atoms with Crippen LogP contribution in [0.2, 0.25) is 0 Å². The highest BCUT2D eigenvalue weighted by Crippen LogP contribution is 2.34. The Bertz CT molecular complexity index is 766. The fourth-order valence-electron chi connectivity index (χ4n) is 3.73. The van der Waals surface area contributed by atoms with Crippen LogP contribution < -0.4 is 5.32 Å². The molecule has 7 nitrogen and oxygen atoms in total. The van der Waals surface area contributed by atoms with Gasteiger partial charge in [0.2, 0.25) is 5.91 Å². The molecule has 2 heterocycles. The molecule has 0 spiro atoms. The van der Waals surface area contributed by atoms with Crippen molar-refractivity contribution < 1.29 is 28.7 Å². The van der Waals surface area contributed by atoms with E-state index in [9.17, 15) is 23.6 Å². The summed E-state index contributed by atoms with van der Waals surface area (Å²) in [6.07, 6.45) is 1.01. The second-order valence-corrected chi connectivity index (χ2v) is 6.58. The van der Waals surface area contributed by atoms with Gasteiger partial charge in [-0.25, -0.2) is 4.39 Å². The van der Waals surface area contributed by atoms with Crippen molar-refractivity contribution in [3.8, 4) is 0 Å². The number of fused-ring (bicyclic) bond motifs is 2. The summed E-state index contributed by atoms with van der Waals surface area (Å²) in [5.41, 5.74) is 1.49. The van der Waals surface area contributed by atoms with Crippen molar-refractivity contribution in [3.63, 3.8) is 0 Å². The van der Waals surface area contributed by atoms with E-state index in [1.54, 1.807) is 12.1 Å². The van der Waals surface area contributed by atoms with Crippen LogP contribution in [-0.4, -0.2) is 58.4 Å². The molecule has 1 aromatic rings. The summed E-state index contributed by atoms with van der Waals surface area (Å²) >= 11 is 0. The Balaban J connectivity index is 1.77. The summed E-state index contributed by atoms with van der Waals surface area (Å²) in [4.78, 5) is 49.3. The van der Waals surface area contributed by atoms with Crippen LogP contribution in [0.15, 0.2) is 24.3 Å². The first kappa shape index (κ1) is 18.0. The van der Waals surface area contributed by atoms with Crippen LogP contribution in [0.5, 0.6) is 0 Å². The number of benzene rings is 1. The molecule has 3 rings (SSSR count). The van der Waals surface area contributed by atoms with Gasteiger partial charge in [-0.3, -0.25) is 19.2 Å². The molecule has 1 fully saturated rings.